The van der Waals surface area contributed by atoms with Crippen LogP contribution in [0.4, 0.5) is 0 Å². The van der Waals surface area contributed by atoms with Gasteiger partial charge in [0.25, 0.3) is 0 Å². The summed E-state index contributed by atoms with van der Waals surface area (Å²) >= 11 is 0. The molecule has 2 unspecified atom stereocenters. The third kappa shape index (κ3) is 4.71. The SMILES string of the molecule is C=CCCCCCCCCC1=NCC[N+]1(CC)C(C)O. The van der Waals surface area contributed by atoms with Crippen LogP contribution in [0.25, 0.3) is 0 Å². The number of quaternary nitrogens is 1. The Labute approximate surface area is 125 Å². The Hall–Kier alpha value is -0.670. The molecule has 1 aliphatic heterocycles. The molecule has 20 heavy (non-hydrogen) atoms. The molecule has 0 amide bonds. The highest BCUT2D eigenvalue weighted by molar-refractivity contribution is 5.76. The van der Waals surface area contributed by atoms with E-state index in [1.807, 2.05) is 13.0 Å². The summed E-state index contributed by atoms with van der Waals surface area (Å²) in [5, 5.41) is 10.1. The van der Waals surface area contributed by atoms with Crippen LogP contribution in [0.15, 0.2) is 17.6 Å². The van der Waals surface area contributed by atoms with Crippen molar-refractivity contribution in [3.8, 4) is 0 Å². The van der Waals surface area contributed by atoms with Gasteiger partial charge in [0.1, 0.15) is 6.54 Å². The van der Waals surface area contributed by atoms with E-state index in [0.29, 0.717) is 4.48 Å². The fraction of sp³-hybridized carbons (Fsp3) is 0.824. The summed E-state index contributed by atoms with van der Waals surface area (Å²) in [5.41, 5.74) is 0. The zero-order valence-corrected chi connectivity index (χ0v) is 13.5. The molecule has 1 N–H and O–H groups in total. The molecule has 0 aromatic heterocycles. The first-order valence-corrected chi connectivity index (χ1v) is 8.37. The molecule has 1 aliphatic rings. The van der Waals surface area contributed by atoms with Crippen molar-refractivity contribution in [2.45, 2.75) is 71.4 Å². The van der Waals surface area contributed by atoms with E-state index in [1.165, 1.54) is 44.4 Å². The second-order valence-corrected chi connectivity index (χ2v) is 5.95. The van der Waals surface area contributed by atoms with E-state index < -0.39 is 0 Å². The molecule has 0 fully saturated rings. The van der Waals surface area contributed by atoms with E-state index >= 15 is 0 Å². The van der Waals surface area contributed by atoms with Crippen LogP contribution in [-0.2, 0) is 0 Å². The van der Waals surface area contributed by atoms with Gasteiger partial charge in [-0.2, -0.15) is 0 Å². The Kier molecular flexibility index (Phi) is 8.08. The third-order valence-corrected chi connectivity index (χ3v) is 4.65. The van der Waals surface area contributed by atoms with Crippen LogP contribution in [0.3, 0.4) is 0 Å². The highest BCUT2D eigenvalue weighted by atomic mass is 16.3. The molecule has 0 radical (unpaired) electrons. The second-order valence-electron chi connectivity index (χ2n) is 5.95. The van der Waals surface area contributed by atoms with Crippen molar-refractivity contribution < 1.29 is 9.59 Å². The first kappa shape index (κ1) is 17.4. The molecule has 0 spiro atoms. The standard InChI is InChI=1S/C17H33N2O/c1-4-6-7-8-9-10-11-12-13-17-18-14-15-19(17,5-2)16(3)20/h4,16,20H,1,5-15H2,2-3H3/q+1. The average molecular weight is 281 g/mol. The Balaban J connectivity index is 2.19. The molecule has 1 heterocycles. The van der Waals surface area contributed by atoms with E-state index in [9.17, 15) is 5.11 Å². The summed E-state index contributed by atoms with van der Waals surface area (Å²) in [4.78, 5) is 4.66. The molecule has 0 aliphatic carbocycles. The largest absolute Gasteiger partial charge is 0.345 e. The summed E-state index contributed by atoms with van der Waals surface area (Å²) < 4.78 is 0.708. The zero-order valence-electron chi connectivity index (χ0n) is 13.5. The quantitative estimate of drug-likeness (QED) is 0.348. The van der Waals surface area contributed by atoms with Gasteiger partial charge in [-0.15, -0.1) is 6.58 Å². The van der Waals surface area contributed by atoms with Gasteiger partial charge in [0.05, 0.1) is 13.1 Å². The van der Waals surface area contributed by atoms with Gasteiger partial charge >= 0.3 is 0 Å². The number of allylic oxidation sites excluding steroid dienone is 1. The lowest BCUT2D eigenvalue weighted by molar-refractivity contribution is -0.882. The van der Waals surface area contributed by atoms with Crippen LogP contribution in [0, 0.1) is 0 Å². The highest BCUT2D eigenvalue weighted by Gasteiger charge is 2.40. The van der Waals surface area contributed by atoms with Crippen molar-refractivity contribution in [2.75, 3.05) is 19.6 Å². The van der Waals surface area contributed by atoms with Crippen molar-refractivity contribution in [1.82, 2.24) is 0 Å². The van der Waals surface area contributed by atoms with Crippen LogP contribution < -0.4 is 0 Å². The lowest BCUT2D eigenvalue weighted by Gasteiger charge is -2.36. The van der Waals surface area contributed by atoms with Crippen molar-refractivity contribution in [3.63, 3.8) is 0 Å². The van der Waals surface area contributed by atoms with Crippen LogP contribution in [0.5, 0.6) is 0 Å². The maximum absolute atomic E-state index is 10.1. The van der Waals surface area contributed by atoms with Gasteiger partial charge in [-0.3, -0.25) is 4.48 Å². The molecule has 2 atom stereocenters. The number of nitrogens with zero attached hydrogens (tertiary/aromatic N) is 2. The predicted octanol–water partition coefficient (Wildman–Crippen LogP) is 3.88. The molecule has 116 valence electrons. The lowest BCUT2D eigenvalue weighted by Crippen LogP contribution is -2.56. The molecule has 1 rings (SSSR count). The molecule has 0 saturated heterocycles. The van der Waals surface area contributed by atoms with Gasteiger partial charge in [0.15, 0.2) is 6.23 Å². The molecular weight excluding hydrogens is 248 g/mol. The Bertz CT molecular complexity index is 312. The fourth-order valence-corrected chi connectivity index (χ4v) is 3.22. The van der Waals surface area contributed by atoms with E-state index in [0.717, 1.165) is 32.5 Å². The minimum absolute atomic E-state index is 0.319. The second kappa shape index (κ2) is 9.30. The van der Waals surface area contributed by atoms with Crippen molar-refractivity contribution >= 4 is 5.84 Å². The Morgan fingerprint density at radius 2 is 1.90 bits per heavy atom. The van der Waals surface area contributed by atoms with Crippen LogP contribution in [-0.4, -0.2) is 41.3 Å². The van der Waals surface area contributed by atoms with E-state index in [4.69, 9.17) is 0 Å². The summed E-state index contributed by atoms with van der Waals surface area (Å²) in [6.07, 6.45) is 11.7. The number of aliphatic hydroxyl groups excluding tert-OH is 1. The maximum atomic E-state index is 10.1. The smallest absolute Gasteiger partial charge is 0.200 e. The number of unbranched alkanes of at least 4 members (excludes halogenated alkanes) is 6. The predicted molar refractivity (Wildman–Crippen MR) is 86.8 cm³/mol. The number of hydrogen-bond donors (Lipinski definition) is 1. The summed E-state index contributed by atoms with van der Waals surface area (Å²) in [6.45, 7) is 10.6. The third-order valence-electron chi connectivity index (χ3n) is 4.65. The van der Waals surface area contributed by atoms with Gasteiger partial charge in [0, 0.05) is 13.3 Å². The van der Waals surface area contributed by atoms with Gasteiger partial charge in [-0.05, 0) is 26.2 Å². The number of aliphatic hydroxyl groups is 1. The Morgan fingerprint density at radius 3 is 2.50 bits per heavy atom. The van der Waals surface area contributed by atoms with Gasteiger partial charge < -0.3 is 5.11 Å². The van der Waals surface area contributed by atoms with Gasteiger partial charge in [0.2, 0.25) is 5.84 Å². The van der Waals surface area contributed by atoms with Crippen molar-refractivity contribution in [1.29, 1.82) is 0 Å². The summed E-state index contributed by atoms with van der Waals surface area (Å²) in [6, 6.07) is 0. The minimum Gasteiger partial charge on any atom is -0.345 e. The minimum atomic E-state index is -0.319. The number of amidine groups is 1. The number of hydrogen-bond acceptors (Lipinski definition) is 2. The van der Waals surface area contributed by atoms with E-state index in [1.54, 1.807) is 0 Å². The highest BCUT2D eigenvalue weighted by Crippen LogP contribution is 2.22. The zero-order chi connectivity index (χ0) is 14.8. The summed E-state index contributed by atoms with van der Waals surface area (Å²) in [5.74, 6) is 1.23. The molecule has 0 saturated carbocycles. The van der Waals surface area contributed by atoms with Gasteiger partial charge in [-0.25, -0.2) is 4.99 Å². The molecule has 3 nitrogen and oxygen atoms in total. The number of aliphatic imine (C=N–C) groups is 1. The molecule has 0 aromatic rings. The monoisotopic (exact) mass is 281 g/mol. The van der Waals surface area contributed by atoms with Crippen LogP contribution in [0.2, 0.25) is 0 Å². The lowest BCUT2D eigenvalue weighted by atomic mass is 10.1. The molecule has 0 bridgehead atoms. The molecular formula is C17H33N2O+. The van der Waals surface area contributed by atoms with E-state index in [2.05, 4.69) is 18.5 Å². The normalized spacial score (nSPS) is 23.6. The first-order valence-electron chi connectivity index (χ1n) is 8.37. The fourth-order valence-electron chi connectivity index (χ4n) is 3.22. The topological polar surface area (TPSA) is 32.6 Å². The van der Waals surface area contributed by atoms with Crippen molar-refractivity contribution in [3.05, 3.63) is 12.7 Å². The van der Waals surface area contributed by atoms with Gasteiger partial charge in [-0.1, -0.05) is 31.8 Å². The molecule has 0 aromatic carbocycles. The van der Waals surface area contributed by atoms with Crippen LogP contribution >= 0.6 is 0 Å². The first-order chi connectivity index (χ1) is 9.67. The van der Waals surface area contributed by atoms with Crippen LogP contribution in [0.1, 0.15) is 65.2 Å². The van der Waals surface area contributed by atoms with E-state index in [-0.39, 0.29) is 6.23 Å². The summed E-state index contributed by atoms with van der Waals surface area (Å²) in [7, 11) is 0. The maximum Gasteiger partial charge on any atom is 0.200 e. The molecule has 3 heteroatoms. The van der Waals surface area contributed by atoms with Crippen molar-refractivity contribution in [2.24, 2.45) is 4.99 Å². The average Bonchev–Trinajstić information content (AvgIpc) is 2.86. The number of likely N-dealkylation sites (N-methyl/N-ethyl adjacent to an activating group) is 1. The Morgan fingerprint density at radius 1 is 1.25 bits per heavy atom. The number of rotatable bonds is 11.